The molecule has 0 aliphatic rings. The molecule has 3 heterocycles. The Labute approximate surface area is 266 Å². The highest BCUT2D eigenvalue weighted by Crippen LogP contribution is 2.30. The molecule has 0 fully saturated rings. The van der Waals surface area contributed by atoms with Gasteiger partial charge in [0.1, 0.15) is 16.3 Å². The Bertz CT molecular complexity index is 2240. The number of Topliss-reactive ketones (excluding diaryl/α,β-unsaturated/α-hetero) is 1. The Morgan fingerprint density at radius 3 is 2.35 bits per heavy atom. The summed E-state index contributed by atoms with van der Waals surface area (Å²) < 4.78 is 18.1. The number of aromatic nitrogens is 4. The van der Waals surface area contributed by atoms with Crippen LogP contribution in [0.25, 0.3) is 32.7 Å². The lowest BCUT2D eigenvalue weighted by Gasteiger charge is -2.13. The van der Waals surface area contributed by atoms with Crippen molar-refractivity contribution in [1.29, 1.82) is 0 Å². The zero-order chi connectivity index (χ0) is 32.4. The van der Waals surface area contributed by atoms with Crippen LogP contribution >= 0.6 is 11.3 Å². The van der Waals surface area contributed by atoms with Crippen LogP contribution in [0.5, 0.6) is 11.5 Å². The molecule has 0 radical (unpaired) electrons. The number of methoxy groups -OCH3 is 1. The second kappa shape index (κ2) is 12.9. The van der Waals surface area contributed by atoms with E-state index in [9.17, 15) is 19.2 Å². The largest absolute Gasteiger partial charge is 0.497 e. The minimum atomic E-state index is -0.640. The van der Waals surface area contributed by atoms with Crippen LogP contribution < -0.4 is 26.5 Å². The third-order valence-electron chi connectivity index (χ3n) is 7.57. The lowest BCUT2D eigenvalue weighted by Crippen LogP contribution is -2.41. The highest BCUT2D eigenvalue weighted by atomic mass is 32.1. The van der Waals surface area contributed by atoms with Crippen LogP contribution in [0.15, 0.2) is 91.7 Å². The molecule has 0 aliphatic carbocycles. The topological polar surface area (TPSA) is 138 Å². The Kier molecular flexibility index (Phi) is 8.53. The van der Waals surface area contributed by atoms with Gasteiger partial charge in [-0.3, -0.25) is 28.2 Å². The van der Waals surface area contributed by atoms with E-state index in [4.69, 9.17) is 14.0 Å². The van der Waals surface area contributed by atoms with E-state index in [0.717, 1.165) is 26.1 Å². The van der Waals surface area contributed by atoms with Crippen LogP contribution in [0.4, 0.5) is 0 Å². The summed E-state index contributed by atoms with van der Waals surface area (Å²) >= 11 is 1.40. The first-order valence-electron chi connectivity index (χ1n) is 14.7. The molecule has 234 valence electrons. The second-order valence-corrected chi connectivity index (χ2v) is 11.6. The summed E-state index contributed by atoms with van der Waals surface area (Å²) in [4.78, 5) is 56.7. The van der Waals surface area contributed by atoms with E-state index in [1.807, 2.05) is 62.4 Å². The van der Waals surface area contributed by atoms with Crippen molar-refractivity contribution >= 4 is 27.3 Å². The van der Waals surface area contributed by atoms with Gasteiger partial charge < -0.3 is 9.47 Å². The van der Waals surface area contributed by atoms with Crippen molar-refractivity contribution in [2.45, 2.75) is 33.4 Å². The average Bonchev–Trinajstić information content (AvgIpc) is 3.72. The van der Waals surface area contributed by atoms with Crippen molar-refractivity contribution in [3.8, 4) is 34.0 Å². The zero-order valence-electron chi connectivity index (χ0n) is 25.4. The van der Waals surface area contributed by atoms with Gasteiger partial charge in [-0.05, 0) is 48.2 Å². The normalized spacial score (nSPS) is 11.2. The predicted molar refractivity (Wildman–Crippen MR) is 175 cm³/mol. The van der Waals surface area contributed by atoms with Crippen LogP contribution in [0, 0.1) is 0 Å². The van der Waals surface area contributed by atoms with Gasteiger partial charge in [-0.2, -0.15) is 0 Å². The zero-order valence-corrected chi connectivity index (χ0v) is 26.2. The first kappa shape index (κ1) is 30.5. The van der Waals surface area contributed by atoms with Gasteiger partial charge in [0.25, 0.3) is 5.56 Å². The van der Waals surface area contributed by atoms with Gasteiger partial charge in [0.2, 0.25) is 0 Å². The van der Waals surface area contributed by atoms with Crippen molar-refractivity contribution in [1.82, 2.24) is 19.3 Å². The minimum Gasteiger partial charge on any atom is -0.497 e. The molecule has 0 bridgehead atoms. The fourth-order valence-electron chi connectivity index (χ4n) is 5.30. The first-order chi connectivity index (χ1) is 22.3. The van der Waals surface area contributed by atoms with E-state index < -0.39 is 29.3 Å². The molecule has 12 heteroatoms. The van der Waals surface area contributed by atoms with Gasteiger partial charge in [0, 0.05) is 22.1 Å². The molecular formula is C34H30N4O7S. The third-order valence-corrected chi connectivity index (χ3v) is 8.88. The van der Waals surface area contributed by atoms with Crippen molar-refractivity contribution in [2.24, 2.45) is 0 Å². The summed E-state index contributed by atoms with van der Waals surface area (Å²) in [6.45, 7) is 3.95. The van der Waals surface area contributed by atoms with Crippen LogP contribution in [0.2, 0.25) is 0 Å². The Balaban J connectivity index is 1.37. The highest BCUT2D eigenvalue weighted by Gasteiger charge is 2.20. The first-order valence-corrected chi connectivity index (χ1v) is 15.5. The highest BCUT2D eigenvalue weighted by molar-refractivity contribution is 7.18. The number of thiophene rings is 1. The van der Waals surface area contributed by atoms with Gasteiger partial charge >= 0.3 is 11.4 Å². The number of ether oxygens (including phenoxy) is 2. The average molecular weight is 639 g/mol. The summed E-state index contributed by atoms with van der Waals surface area (Å²) in [5.41, 5.74) is 2.40. The smallest absolute Gasteiger partial charge is 0.439 e. The molecule has 6 aromatic rings. The standard InChI is InChI=1S/C34H30N4O7S/c1-4-25-17-28-31(40)37(19-29(39)22-14-23(43-3)16-24(15-22)44-5-2)34(42)38(32(28)46-25)18-20-10-12-21(13-11-20)26-8-6-7-9-27(26)30-35-33(41)45-36-30/h6-17H,4-5,18-19H2,1-3H3,(H,35,36,41). The van der Waals surface area contributed by atoms with Gasteiger partial charge in [0.15, 0.2) is 11.6 Å². The summed E-state index contributed by atoms with van der Waals surface area (Å²) in [5, 5.41) is 4.22. The van der Waals surface area contributed by atoms with Crippen LogP contribution in [-0.2, 0) is 19.5 Å². The Hall–Kier alpha value is -5.49. The van der Waals surface area contributed by atoms with E-state index >= 15 is 0 Å². The Morgan fingerprint density at radius 2 is 1.67 bits per heavy atom. The van der Waals surface area contributed by atoms with E-state index in [-0.39, 0.29) is 12.1 Å². The Morgan fingerprint density at radius 1 is 0.935 bits per heavy atom. The second-order valence-electron chi connectivity index (χ2n) is 10.5. The molecule has 3 aromatic carbocycles. The van der Waals surface area contributed by atoms with Crippen LogP contribution in [-0.4, -0.2) is 38.8 Å². The van der Waals surface area contributed by atoms with Gasteiger partial charge in [-0.25, -0.2) is 9.59 Å². The molecule has 11 nitrogen and oxygen atoms in total. The quantitative estimate of drug-likeness (QED) is 0.193. The number of rotatable bonds is 11. The maximum Gasteiger partial charge on any atom is 0.439 e. The molecule has 0 saturated carbocycles. The summed E-state index contributed by atoms with van der Waals surface area (Å²) in [5.74, 6) is 0.144. The number of carbonyl (C=O) groups excluding carboxylic acids is 1. The van der Waals surface area contributed by atoms with E-state index in [0.29, 0.717) is 46.1 Å². The molecule has 0 amide bonds. The monoisotopic (exact) mass is 638 g/mol. The number of benzene rings is 3. The summed E-state index contributed by atoms with van der Waals surface area (Å²) in [7, 11) is 1.49. The van der Waals surface area contributed by atoms with Crippen molar-refractivity contribution < 1.29 is 18.8 Å². The number of carbonyl (C=O) groups is 1. The van der Waals surface area contributed by atoms with E-state index in [1.165, 1.54) is 18.4 Å². The number of hydrogen-bond acceptors (Lipinski definition) is 9. The number of nitrogens with one attached hydrogen (secondary N) is 1. The molecule has 0 unspecified atom stereocenters. The van der Waals surface area contributed by atoms with Gasteiger partial charge in [0.05, 0.1) is 32.2 Å². The molecular weight excluding hydrogens is 608 g/mol. The van der Waals surface area contributed by atoms with Crippen molar-refractivity contribution in [3.05, 3.63) is 120 Å². The molecule has 0 atom stereocenters. The van der Waals surface area contributed by atoms with Gasteiger partial charge in [-0.1, -0.05) is 60.6 Å². The minimum absolute atomic E-state index is 0.180. The molecule has 6 rings (SSSR count). The molecule has 0 aliphatic heterocycles. The molecule has 3 aromatic heterocycles. The van der Waals surface area contributed by atoms with Crippen molar-refractivity contribution in [2.75, 3.05) is 13.7 Å². The predicted octanol–water partition coefficient (Wildman–Crippen LogP) is 5.14. The number of fused-ring (bicyclic) bond motifs is 1. The van der Waals surface area contributed by atoms with Crippen LogP contribution in [0.1, 0.15) is 34.6 Å². The number of ketones is 1. The molecule has 0 saturated heterocycles. The maximum atomic E-state index is 13.9. The third kappa shape index (κ3) is 5.94. The SMILES string of the molecule is CCOc1cc(OC)cc(C(=O)Cn2c(=O)c3cc(CC)sc3n(Cc3ccc(-c4ccccc4-c4noc(=O)[nH]4)cc3)c2=O)c1. The molecule has 1 N–H and O–H groups in total. The molecule has 46 heavy (non-hydrogen) atoms. The summed E-state index contributed by atoms with van der Waals surface area (Å²) in [6, 6.07) is 21.7. The number of H-pyrrole nitrogens is 1. The van der Waals surface area contributed by atoms with Crippen LogP contribution in [0.3, 0.4) is 0 Å². The lowest BCUT2D eigenvalue weighted by molar-refractivity contribution is 0.0968. The number of aromatic amines is 1. The number of hydrogen-bond donors (Lipinski definition) is 1. The van der Waals surface area contributed by atoms with Crippen molar-refractivity contribution in [3.63, 3.8) is 0 Å². The number of aryl methyl sites for hydroxylation is 1. The fraction of sp³-hybridized carbons (Fsp3) is 0.206. The van der Waals surface area contributed by atoms with E-state index in [2.05, 4.69) is 10.1 Å². The molecule has 0 spiro atoms. The maximum absolute atomic E-state index is 13.9. The number of nitrogens with zero attached hydrogens (tertiary/aromatic N) is 3. The van der Waals surface area contributed by atoms with E-state index in [1.54, 1.807) is 28.8 Å². The fourth-order valence-corrected chi connectivity index (χ4v) is 6.38. The summed E-state index contributed by atoms with van der Waals surface area (Å²) in [6.07, 6.45) is 0.695. The van der Waals surface area contributed by atoms with Gasteiger partial charge in [-0.15, -0.1) is 11.3 Å². The lowest BCUT2D eigenvalue weighted by atomic mass is 9.98.